The van der Waals surface area contributed by atoms with Crippen LogP contribution in [0.1, 0.15) is 36.5 Å². The minimum Gasteiger partial charge on any atom is -0.486 e. The van der Waals surface area contributed by atoms with Crippen LogP contribution in [-0.2, 0) is 17.9 Å². The summed E-state index contributed by atoms with van der Waals surface area (Å²) in [6.07, 6.45) is 2.30. The summed E-state index contributed by atoms with van der Waals surface area (Å²) in [5.41, 5.74) is 2.06. The molecule has 0 aliphatic heterocycles. The Morgan fingerprint density at radius 3 is 2.92 bits per heavy atom. The van der Waals surface area contributed by atoms with Crippen LogP contribution in [-0.4, -0.2) is 22.3 Å². The van der Waals surface area contributed by atoms with Crippen molar-refractivity contribution < 1.29 is 9.53 Å². The predicted octanol–water partition coefficient (Wildman–Crippen LogP) is 4.59. The third-order valence-corrected chi connectivity index (χ3v) is 4.46. The molecule has 0 N–H and O–H groups in total. The van der Waals surface area contributed by atoms with Crippen molar-refractivity contribution >= 4 is 17.2 Å². The molecule has 134 valence electrons. The largest absolute Gasteiger partial charge is 0.486 e. The number of ether oxygens (including phenoxy) is 1. The first-order chi connectivity index (χ1) is 12.0. The fourth-order valence-electron chi connectivity index (χ4n) is 2.42. The molecule has 1 heterocycles. The monoisotopic (exact) mass is 358 g/mol. The van der Waals surface area contributed by atoms with E-state index in [2.05, 4.69) is 11.6 Å². The lowest BCUT2D eigenvalue weighted by atomic mass is 10.1. The number of carbonyl (C=O) groups excluding carboxylic acids is 1. The van der Waals surface area contributed by atoms with Gasteiger partial charge in [0.15, 0.2) is 0 Å². The highest BCUT2D eigenvalue weighted by Gasteiger charge is 2.15. The molecule has 1 aromatic carbocycles. The molecule has 2 rings (SSSR count). The average molecular weight is 359 g/mol. The number of rotatable bonds is 9. The van der Waals surface area contributed by atoms with Gasteiger partial charge in [0.1, 0.15) is 17.4 Å². The molecule has 2 aromatic rings. The molecule has 0 aliphatic carbocycles. The van der Waals surface area contributed by atoms with Crippen molar-refractivity contribution in [3.8, 4) is 5.75 Å². The summed E-state index contributed by atoms with van der Waals surface area (Å²) in [4.78, 5) is 18.7. The molecule has 1 aromatic heterocycles. The zero-order chi connectivity index (χ0) is 18.2. The number of thiazole rings is 1. The first-order valence-electron chi connectivity index (χ1n) is 8.49. The Morgan fingerprint density at radius 1 is 1.44 bits per heavy atom. The van der Waals surface area contributed by atoms with Crippen LogP contribution in [0, 0.1) is 12.8 Å². The van der Waals surface area contributed by atoms with E-state index in [1.807, 2.05) is 50.4 Å². The number of carbonyl (C=O) groups is 1. The Bertz CT molecular complexity index is 709. The predicted molar refractivity (Wildman–Crippen MR) is 103 cm³/mol. The zero-order valence-corrected chi connectivity index (χ0v) is 16.0. The number of aromatic nitrogens is 1. The van der Waals surface area contributed by atoms with Gasteiger partial charge in [-0.2, -0.15) is 0 Å². The molecule has 5 heteroatoms. The molecule has 0 bridgehead atoms. The van der Waals surface area contributed by atoms with Crippen molar-refractivity contribution in [1.29, 1.82) is 0 Å². The van der Waals surface area contributed by atoms with Gasteiger partial charge in [0, 0.05) is 18.3 Å². The summed E-state index contributed by atoms with van der Waals surface area (Å²) in [6, 6.07) is 7.96. The number of nitrogens with zero attached hydrogens (tertiary/aromatic N) is 2. The van der Waals surface area contributed by atoms with E-state index in [0.717, 1.165) is 16.5 Å². The normalized spacial score (nSPS) is 10.7. The summed E-state index contributed by atoms with van der Waals surface area (Å²) in [5, 5.41) is 2.90. The van der Waals surface area contributed by atoms with E-state index >= 15 is 0 Å². The first kappa shape index (κ1) is 19.2. The SMILES string of the molecule is C=CCN(Cc1csc(COc2cccc(C)c2)n1)C(=O)CC(C)C. The highest BCUT2D eigenvalue weighted by Crippen LogP contribution is 2.18. The maximum absolute atomic E-state index is 12.3. The number of hydrogen-bond acceptors (Lipinski definition) is 4. The molecule has 1 amide bonds. The van der Waals surface area contributed by atoms with Crippen molar-refractivity contribution in [2.45, 2.75) is 40.3 Å². The number of amides is 1. The van der Waals surface area contributed by atoms with E-state index < -0.39 is 0 Å². The van der Waals surface area contributed by atoms with E-state index in [4.69, 9.17) is 4.74 Å². The second-order valence-electron chi connectivity index (χ2n) is 6.50. The van der Waals surface area contributed by atoms with Crippen LogP contribution in [0.25, 0.3) is 0 Å². The van der Waals surface area contributed by atoms with E-state index in [1.165, 1.54) is 5.56 Å². The quantitative estimate of drug-likeness (QED) is 0.616. The van der Waals surface area contributed by atoms with E-state index in [0.29, 0.717) is 32.0 Å². The van der Waals surface area contributed by atoms with E-state index in [-0.39, 0.29) is 5.91 Å². The Kier molecular flexibility index (Phi) is 7.19. The topological polar surface area (TPSA) is 42.4 Å². The van der Waals surface area contributed by atoms with Crippen LogP contribution in [0.4, 0.5) is 0 Å². The first-order valence-corrected chi connectivity index (χ1v) is 9.37. The fourth-order valence-corrected chi connectivity index (χ4v) is 3.12. The lowest BCUT2D eigenvalue weighted by molar-refractivity contribution is -0.132. The Balaban J connectivity index is 1.94. The van der Waals surface area contributed by atoms with Crippen LogP contribution in [0.15, 0.2) is 42.3 Å². The summed E-state index contributed by atoms with van der Waals surface area (Å²) in [7, 11) is 0. The van der Waals surface area contributed by atoms with Crippen LogP contribution in [0.5, 0.6) is 5.75 Å². The van der Waals surface area contributed by atoms with E-state index in [9.17, 15) is 4.79 Å². The van der Waals surface area contributed by atoms with Crippen molar-refractivity contribution in [2.24, 2.45) is 5.92 Å². The lowest BCUT2D eigenvalue weighted by Gasteiger charge is -2.21. The van der Waals surface area contributed by atoms with Crippen LogP contribution in [0.3, 0.4) is 0 Å². The van der Waals surface area contributed by atoms with Gasteiger partial charge in [-0.25, -0.2) is 4.98 Å². The van der Waals surface area contributed by atoms with Gasteiger partial charge in [-0.3, -0.25) is 4.79 Å². The molecule has 0 spiro atoms. The highest BCUT2D eigenvalue weighted by atomic mass is 32.1. The zero-order valence-electron chi connectivity index (χ0n) is 15.2. The highest BCUT2D eigenvalue weighted by molar-refractivity contribution is 7.09. The number of aryl methyl sites for hydroxylation is 1. The molecule has 0 fully saturated rings. The average Bonchev–Trinajstić information content (AvgIpc) is 2.99. The molecular weight excluding hydrogens is 332 g/mol. The van der Waals surface area contributed by atoms with Gasteiger partial charge in [0.25, 0.3) is 0 Å². The standard InChI is InChI=1S/C20H26N2O2S/c1-5-9-22(20(23)10-15(2)3)12-17-14-25-19(21-17)13-24-18-8-6-7-16(4)11-18/h5-8,11,14-15H,1,9-10,12-13H2,2-4H3. The minimum atomic E-state index is 0.139. The molecule has 25 heavy (non-hydrogen) atoms. The van der Waals surface area contributed by atoms with Crippen LogP contribution < -0.4 is 4.74 Å². The summed E-state index contributed by atoms with van der Waals surface area (Å²) in [5.74, 6) is 1.33. The van der Waals surface area contributed by atoms with Gasteiger partial charge >= 0.3 is 0 Å². The van der Waals surface area contributed by atoms with Crippen molar-refractivity contribution in [2.75, 3.05) is 6.54 Å². The molecule has 0 saturated carbocycles. The van der Waals surface area contributed by atoms with E-state index in [1.54, 1.807) is 22.3 Å². The Labute approximate surface area is 154 Å². The second-order valence-corrected chi connectivity index (χ2v) is 7.44. The summed E-state index contributed by atoms with van der Waals surface area (Å²) in [6.45, 7) is 11.4. The smallest absolute Gasteiger partial charge is 0.223 e. The van der Waals surface area contributed by atoms with Crippen LogP contribution in [0.2, 0.25) is 0 Å². The molecule has 4 nitrogen and oxygen atoms in total. The van der Waals surface area contributed by atoms with Crippen molar-refractivity contribution in [1.82, 2.24) is 9.88 Å². The summed E-state index contributed by atoms with van der Waals surface area (Å²) >= 11 is 1.56. The maximum atomic E-state index is 12.3. The molecule has 0 unspecified atom stereocenters. The van der Waals surface area contributed by atoms with Gasteiger partial charge in [-0.05, 0) is 30.5 Å². The third-order valence-electron chi connectivity index (χ3n) is 3.59. The summed E-state index contributed by atoms with van der Waals surface area (Å²) < 4.78 is 5.79. The number of hydrogen-bond donors (Lipinski definition) is 0. The number of benzene rings is 1. The maximum Gasteiger partial charge on any atom is 0.223 e. The van der Waals surface area contributed by atoms with Gasteiger partial charge < -0.3 is 9.64 Å². The van der Waals surface area contributed by atoms with Gasteiger partial charge in [0.05, 0.1) is 12.2 Å². The van der Waals surface area contributed by atoms with Gasteiger partial charge in [-0.15, -0.1) is 17.9 Å². The molecule has 0 atom stereocenters. The van der Waals surface area contributed by atoms with Crippen LogP contribution >= 0.6 is 11.3 Å². The van der Waals surface area contributed by atoms with Gasteiger partial charge in [-0.1, -0.05) is 32.1 Å². The fraction of sp³-hybridized carbons (Fsp3) is 0.400. The Hall–Kier alpha value is -2.14. The van der Waals surface area contributed by atoms with Crippen molar-refractivity contribution in [3.63, 3.8) is 0 Å². The Morgan fingerprint density at radius 2 is 2.24 bits per heavy atom. The minimum absolute atomic E-state index is 0.139. The van der Waals surface area contributed by atoms with Gasteiger partial charge in [0.2, 0.25) is 5.91 Å². The molecule has 0 saturated heterocycles. The molecule has 0 aliphatic rings. The lowest BCUT2D eigenvalue weighted by Crippen LogP contribution is -2.31. The molecule has 0 radical (unpaired) electrons. The third kappa shape index (κ3) is 6.35. The second kappa shape index (κ2) is 9.37. The van der Waals surface area contributed by atoms with Crippen molar-refractivity contribution in [3.05, 3.63) is 58.6 Å². The molecular formula is C20H26N2O2S.